The molecule has 4 rings (SSSR count). The third kappa shape index (κ3) is 9.40. The molecular formula is C27H37Cl3N2OS2. The molecule has 3 nitrogen and oxygen atoms in total. The van der Waals surface area contributed by atoms with Gasteiger partial charge >= 0.3 is 0 Å². The summed E-state index contributed by atoms with van der Waals surface area (Å²) in [5.41, 5.74) is 4.85. The van der Waals surface area contributed by atoms with Crippen LogP contribution in [-0.4, -0.2) is 18.7 Å². The Labute approximate surface area is 241 Å². The number of piperidine rings is 1. The number of halogens is 3. The lowest BCUT2D eigenvalue weighted by Crippen LogP contribution is -2.45. The first-order chi connectivity index (χ1) is 15.1. The summed E-state index contributed by atoms with van der Waals surface area (Å²) >= 11 is 6.08. The fraction of sp³-hybridized carbons (Fsp3) is 0.333. The molecule has 35 heavy (non-hydrogen) atoms. The maximum atomic E-state index is 6.13. The summed E-state index contributed by atoms with van der Waals surface area (Å²) < 4.78 is 6.13. The second-order valence-electron chi connectivity index (χ2n) is 8.47. The highest BCUT2D eigenvalue weighted by Crippen LogP contribution is 2.30. The molecule has 0 saturated carbocycles. The van der Waals surface area contributed by atoms with E-state index in [0.29, 0.717) is 12.1 Å². The molecular weight excluding hydrogens is 539 g/mol. The van der Waals surface area contributed by atoms with Gasteiger partial charge in [0.2, 0.25) is 0 Å². The molecule has 2 atom stereocenters. The van der Waals surface area contributed by atoms with Crippen LogP contribution in [0, 0.1) is 0 Å². The van der Waals surface area contributed by atoms with Gasteiger partial charge in [-0.25, -0.2) is 0 Å². The summed E-state index contributed by atoms with van der Waals surface area (Å²) in [6.45, 7) is 5.96. The molecule has 3 aromatic carbocycles. The SMILES string of the molecule is CC(C)Oc1ccc(-c2ccc(Cl)cc2)cc1CN[C@H]1CCCN[C@H]1c1ccccc1.Cl.Cl.S.S. The minimum atomic E-state index is 0. The zero-order chi connectivity index (χ0) is 21.6. The Balaban J connectivity index is 0.00000289. The van der Waals surface area contributed by atoms with E-state index in [1.54, 1.807) is 0 Å². The standard InChI is InChI=1S/C27H31ClN2O.2ClH.2H2S/c1-19(2)31-26-15-12-22(20-10-13-24(28)14-11-20)17-23(26)18-30-25-9-6-16-29-27(25)21-7-4-3-5-8-21;;;;/h3-5,7-8,10-15,17,19,25,27,29-30H,6,9,16,18H2,1-2H3;2*1H;2*1H2/t25-,27-;;;;/m0..../s1. The van der Waals surface area contributed by atoms with Crippen LogP contribution in [0.2, 0.25) is 5.02 Å². The van der Waals surface area contributed by atoms with Crippen molar-refractivity contribution >= 4 is 63.4 Å². The van der Waals surface area contributed by atoms with Gasteiger partial charge in [0.05, 0.1) is 6.10 Å². The average molecular weight is 576 g/mol. The van der Waals surface area contributed by atoms with Gasteiger partial charge in [-0.3, -0.25) is 0 Å². The molecule has 0 aliphatic carbocycles. The lowest BCUT2D eigenvalue weighted by Gasteiger charge is -2.34. The first-order valence-electron chi connectivity index (χ1n) is 11.2. The molecule has 0 amide bonds. The minimum absolute atomic E-state index is 0. The Morgan fingerprint density at radius 1 is 0.943 bits per heavy atom. The van der Waals surface area contributed by atoms with Gasteiger partial charge in [0.15, 0.2) is 0 Å². The summed E-state index contributed by atoms with van der Waals surface area (Å²) in [5, 5.41) is 8.28. The predicted molar refractivity (Wildman–Crippen MR) is 165 cm³/mol. The molecule has 0 radical (unpaired) electrons. The van der Waals surface area contributed by atoms with E-state index in [2.05, 4.69) is 85.1 Å². The first kappa shape index (κ1) is 34.0. The second kappa shape index (κ2) is 16.6. The van der Waals surface area contributed by atoms with E-state index in [4.69, 9.17) is 16.3 Å². The quantitative estimate of drug-likeness (QED) is 0.307. The summed E-state index contributed by atoms with van der Waals surface area (Å²) in [4.78, 5) is 0. The van der Waals surface area contributed by atoms with E-state index >= 15 is 0 Å². The van der Waals surface area contributed by atoms with Gasteiger partial charge in [0.25, 0.3) is 0 Å². The van der Waals surface area contributed by atoms with E-state index in [0.717, 1.165) is 35.8 Å². The van der Waals surface area contributed by atoms with Crippen LogP contribution in [0.5, 0.6) is 5.75 Å². The van der Waals surface area contributed by atoms with Gasteiger partial charge in [0, 0.05) is 29.2 Å². The Morgan fingerprint density at radius 2 is 1.60 bits per heavy atom. The Bertz CT molecular complexity index is 991. The van der Waals surface area contributed by atoms with Crippen LogP contribution in [0.15, 0.2) is 72.8 Å². The van der Waals surface area contributed by atoms with Crippen molar-refractivity contribution in [3.63, 3.8) is 0 Å². The molecule has 8 heteroatoms. The molecule has 0 spiro atoms. The molecule has 2 N–H and O–H groups in total. The molecule has 0 unspecified atom stereocenters. The number of hydrogen-bond donors (Lipinski definition) is 2. The highest BCUT2D eigenvalue weighted by molar-refractivity contribution is 7.59. The van der Waals surface area contributed by atoms with Crippen molar-refractivity contribution in [3.05, 3.63) is 88.9 Å². The van der Waals surface area contributed by atoms with Gasteiger partial charge in [0.1, 0.15) is 5.75 Å². The normalized spacial score (nSPS) is 16.7. The van der Waals surface area contributed by atoms with E-state index < -0.39 is 0 Å². The second-order valence-corrected chi connectivity index (χ2v) is 8.90. The van der Waals surface area contributed by atoms with E-state index in [9.17, 15) is 0 Å². The lowest BCUT2D eigenvalue weighted by atomic mass is 9.92. The number of rotatable bonds is 7. The average Bonchev–Trinajstić information content (AvgIpc) is 2.79. The van der Waals surface area contributed by atoms with E-state index in [-0.39, 0.29) is 57.9 Å². The summed E-state index contributed by atoms with van der Waals surface area (Å²) in [6.07, 6.45) is 2.47. The van der Waals surface area contributed by atoms with Crippen LogP contribution in [-0.2, 0) is 6.54 Å². The van der Waals surface area contributed by atoms with Gasteiger partial charge in [-0.2, -0.15) is 27.0 Å². The molecule has 1 aliphatic heterocycles. The fourth-order valence-electron chi connectivity index (χ4n) is 4.27. The van der Waals surface area contributed by atoms with Crippen molar-refractivity contribution in [3.8, 4) is 16.9 Å². The summed E-state index contributed by atoms with van der Waals surface area (Å²) in [5.74, 6) is 0.945. The molecule has 1 heterocycles. The van der Waals surface area contributed by atoms with Crippen molar-refractivity contribution in [2.24, 2.45) is 0 Å². The van der Waals surface area contributed by atoms with Crippen LogP contribution < -0.4 is 15.4 Å². The molecule has 0 bridgehead atoms. The fourth-order valence-corrected chi connectivity index (χ4v) is 4.39. The molecule has 0 aromatic heterocycles. The number of hydrogen-bond acceptors (Lipinski definition) is 3. The van der Waals surface area contributed by atoms with Crippen LogP contribution in [0.1, 0.15) is 43.9 Å². The van der Waals surface area contributed by atoms with E-state index in [1.165, 1.54) is 23.1 Å². The predicted octanol–water partition coefficient (Wildman–Crippen LogP) is 7.45. The maximum Gasteiger partial charge on any atom is 0.124 e. The van der Waals surface area contributed by atoms with Crippen molar-refractivity contribution in [2.45, 2.75) is 51.4 Å². The molecule has 1 aliphatic rings. The Hall–Kier alpha value is -1.05. The van der Waals surface area contributed by atoms with Gasteiger partial charge in [-0.15, -0.1) is 24.8 Å². The molecule has 194 valence electrons. The van der Waals surface area contributed by atoms with Crippen molar-refractivity contribution in [1.29, 1.82) is 0 Å². The lowest BCUT2D eigenvalue weighted by molar-refractivity contribution is 0.238. The molecule has 1 saturated heterocycles. The Morgan fingerprint density at radius 3 is 2.26 bits per heavy atom. The minimum Gasteiger partial charge on any atom is -0.491 e. The van der Waals surface area contributed by atoms with E-state index in [1.807, 2.05) is 12.1 Å². The van der Waals surface area contributed by atoms with Crippen molar-refractivity contribution < 1.29 is 4.74 Å². The number of benzene rings is 3. The molecule has 1 fully saturated rings. The van der Waals surface area contributed by atoms with Crippen molar-refractivity contribution in [1.82, 2.24) is 10.6 Å². The van der Waals surface area contributed by atoms with Gasteiger partial charge in [-0.1, -0.05) is 60.1 Å². The van der Waals surface area contributed by atoms with Crippen LogP contribution in [0.25, 0.3) is 11.1 Å². The van der Waals surface area contributed by atoms with Gasteiger partial charge < -0.3 is 15.4 Å². The third-order valence-corrected chi connectivity index (χ3v) is 6.02. The number of nitrogens with one attached hydrogen (secondary N) is 2. The van der Waals surface area contributed by atoms with Gasteiger partial charge in [-0.05, 0) is 74.2 Å². The molecule has 3 aromatic rings. The van der Waals surface area contributed by atoms with Crippen LogP contribution >= 0.6 is 63.4 Å². The Kier molecular flexibility index (Phi) is 16.1. The maximum absolute atomic E-state index is 6.13. The zero-order valence-corrected chi connectivity index (χ0v) is 24.5. The largest absolute Gasteiger partial charge is 0.491 e. The summed E-state index contributed by atoms with van der Waals surface area (Å²) in [6, 6.07) is 25.9. The van der Waals surface area contributed by atoms with Crippen LogP contribution in [0.4, 0.5) is 0 Å². The van der Waals surface area contributed by atoms with Crippen molar-refractivity contribution in [2.75, 3.05) is 6.54 Å². The number of ether oxygens (including phenoxy) is 1. The topological polar surface area (TPSA) is 33.3 Å². The summed E-state index contributed by atoms with van der Waals surface area (Å²) in [7, 11) is 0. The van der Waals surface area contributed by atoms with Crippen LogP contribution in [0.3, 0.4) is 0 Å². The first-order valence-corrected chi connectivity index (χ1v) is 11.5. The monoisotopic (exact) mass is 574 g/mol. The highest BCUT2D eigenvalue weighted by Gasteiger charge is 2.25. The third-order valence-electron chi connectivity index (χ3n) is 5.77. The highest BCUT2D eigenvalue weighted by atomic mass is 35.5. The zero-order valence-electron chi connectivity index (χ0n) is 20.1. The smallest absolute Gasteiger partial charge is 0.124 e.